The van der Waals surface area contributed by atoms with Crippen LogP contribution in [0.15, 0.2) is 54.6 Å². The van der Waals surface area contributed by atoms with Crippen molar-refractivity contribution in [1.29, 1.82) is 0 Å². The fourth-order valence-electron chi connectivity index (χ4n) is 5.12. The molecule has 0 fully saturated rings. The van der Waals surface area contributed by atoms with Crippen molar-refractivity contribution in [2.24, 2.45) is 0 Å². The molecule has 3 aromatic rings. The van der Waals surface area contributed by atoms with E-state index in [0.717, 1.165) is 36.0 Å². The van der Waals surface area contributed by atoms with E-state index in [2.05, 4.69) is 56.3 Å². The van der Waals surface area contributed by atoms with Crippen molar-refractivity contribution in [3.63, 3.8) is 0 Å². The van der Waals surface area contributed by atoms with Crippen molar-refractivity contribution < 1.29 is 4.39 Å². The second-order valence-electron chi connectivity index (χ2n) is 10.4. The van der Waals surface area contributed by atoms with E-state index in [9.17, 15) is 4.39 Å². The third kappa shape index (κ3) is 9.43. The Labute approximate surface area is 214 Å². The molecule has 0 nitrogen and oxygen atoms in total. The highest BCUT2D eigenvalue weighted by Gasteiger charge is 2.07. The van der Waals surface area contributed by atoms with Gasteiger partial charge in [0.15, 0.2) is 0 Å². The van der Waals surface area contributed by atoms with Crippen LogP contribution >= 0.6 is 0 Å². The predicted molar refractivity (Wildman–Crippen MR) is 153 cm³/mol. The molecule has 0 saturated carbocycles. The number of rotatable bonds is 17. The average Bonchev–Trinajstić information content (AvgIpc) is 2.88. The molecule has 35 heavy (non-hydrogen) atoms. The summed E-state index contributed by atoms with van der Waals surface area (Å²) in [5, 5.41) is 2.52. The van der Waals surface area contributed by atoms with Gasteiger partial charge in [0.2, 0.25) is 0 Å². The minimum atomic E-state index is -0.0557. The van der Waals surface area contributed by atoms with Crippen LogP contribution in [-0.2, 0) is 12.8 Å². The molecule has 0 radical (unpaired) electrons. The van der Waals surface area contributed by atoms with Gasteiger partial charge >= 0.3 is 0 Å². The van der Waals surface area contributed by atoms with Crippen LogP contribution < -0.4 is 0 Å². The molecule has 3 aromatic carbocycles. The first-order chi connectivity index (χ1) is 17.2. The van der Waals surface area contributed by atoms with Gasteiger partial charge in [0.05, 0.1) is 0 Å². The second kappa shape index (κ2) is 15.8. The van der Waals surface area contributed by atoms with E-state index < -0.39 is 0 Å². The molecule has 0 aromatic heterocycles. The molecular formula is C34H47F. The fourth-order valence-corrected chi connectivity index (χ4v) is 5.12. The zero-order valence-corrected chi connectivity index (χ0v) is 22.4. The minimum absolute atomic E-state index is 0.0557. The maximum Gasteiger partial charge on any atom is 0.127 e. The highest BCUT2D eigenvalue weighted by atomic mass is 19.1. The van der Waals surface area contributed by atoms with Gasteiger partial charge in [-0.25, -0.2) is 4.39 Å². The summed E-state index contributed by atoms with van der Waals surface area (Å²) in [5.41, 5.74) is 4.36. The normalized spacial score (nSPS) is 11.4. The Balaban J connectivity index is 1.50. The van der Waals surface area contributed by atoms with Crippen LogP contribution in [0.1, 0.15) is 115 Å². The summed E-state index contributed by atoms with van der Waals surface area (Å²) >= 11 is 0. The molecule has 0 saturated heterocycles. The standard InChI is InChI=1S/C34H47F/c1-3-5-7-9-11-12-14-16-18-29-21-22-33(27-34(29)35)32-24-23-30-25-28(19-20-31(30)26-32)17-15-13-10-8-6-4-2/h19-27H,3-18H2,1-2H3. The van der Waals surface area contributed by atoms with E-state index in [1.165, 1.54) is 99.8 Å². The largest absolute Gasteiger partial charge is 0.207 e. The summed E-state index contributed by atoms with van der Waals surface area (Å²) in [6, 6.07) is 19.2. The number of unbranched alkanes of at least 4 members (excludes halogenated alkanes) is 12. The van der Waals surface area contributed by atoms with Crippen LogP contribution in [0, 0.1) is 5.82 Å². The van der Waals surface area contributed by atoms with Crippen molar-refractivity contribution in [2.75, 3.05) is 0 Å². The molecule has 190 valence electrons. The van der Waals surface area contributed by atoms with Gasteiger partial charge in [-0.15, -0.1) is 0 Å². The Hall–Kier alpha value is -2.15. The highest BCUT2D eigenvalue weighted by molar-refractivity contribution is 5.87. The van der Waals surface area contributed by atoms with Gasteiger partial charge in [0.1, 0.15) is 5.82 Å². The Morgan fingerprint density at radius 3 is 1.66 bits per heavy atom. The first kappa shape index (κ1) is 27.4. The number of fused-ring (bicyclic) bond motifs is 1. The number of hydrogen-bond acceptors (Lipinski definition) is 0. The van der Waals surface area contributed by atoms with Crippen LogP contribution in [0.5, 0.6) is 0 Å². The smallest absolute Gasteiger partial charge is 0.127 e. The molecule has 0 aliphatic rings. The van der Waals surface area contributed by atoms with Gasteiger partial charge < -0.3 is 0 Å². The monoisotopic (exact) mass is 474 g/mol. The van der Waals surface area contributed by atoms with Crippen molar-refractivity contribution in [2.45, 2.75) is 117 Å². The van der Waals surface area contributed by atoms with Gasteiger partial charge in [-0.05, 0) is 70.8 Å². The molecule has 0 unspecified atom stereocenters. The van der Waals surface area contributed by atoms with E-state index >= 15 is 0 Å². The Bertz CT molecular complexity index is 1000. The van der Waals surface area contributed by atoms with Crippen LogP contribution in [0.4, 0.5) is 4.39 Å². The lowest BCUT2D eigenvalue weighted by Crippen LogP contribution is -1.92. The fraction of sp³-hybridized carbons (Fsp3) is 0.529. The van der Waals surface area contributed by atoms with E-state index in [1.54, 1.807) is 6.07 Å². The molecule has 0 N–H and O–H groups in total. The first-order valence-electron chi connectivity index (χ1n) is 14.5. The zero-order valence-electron chi connectivity index (χ0n) is 22.4. The number of hydrogen-bond donors (Lipinski definition) is 0. The lowest BCUT2D eigenvalue weighted by molar-refractivity contribution is 0.564. The van der Waals surface area contributed by atoms with Crippen molar-refractivity contribution in [3.8, 4) is 11.1 Å². The first-order valence-corrected chi connectivity index (χ1v) is 14.5. The summed E-state index contributed by atoms with van der Waals surface area (Å²) in [6.07, 6.45) is 20.3. The van der Waals surface area contributed by atoms with Crippen molar-refractivity contribution in [1.82, 2.24) is 0 Å². The Morgan fingerprint density at radius 2 is 1.00 bits per heavy atom. The third-order valence-electron chi connectivity index (χ3n) is 7.41. The van der Waals surface area contributed by atoms with Crippen molar-refractivity contribution >= 4 is 10.8 Å². The SMILES string of the molecule is CCCCCCCCCCc1ccc(-c2ccc3cc(CCCCCCCC)ccc3c2)cc1F. The molecule has 0 atom stereocenters. The Morgan fingerprint density at radius 1 is 0.486 bits per heavy atom. The molecule has 0 amide bonds. The van der Waals surface area contributed by atoms with E-state index in [4.69, 9.17) is 0 Å². The van der Waals surface area contributed by atoms with Crippen molar-refractivity contribution in [3.05, 3.63) is 71.5 Å². The zero-order chi connectivity index (χ0) is 24.7. The topological polar surface area (TPSA) is 0 Å². The van der Waals surface area contributed by atoms with Gasteiger partial charge in [-0.2, -0.15) is 0 Å². The molecule has 0 aliphatic carbocycles. The van der Waals surface area contributed by atoms with Gasteiger partial charge in [0, 0.05) is 0 Å². The summed E-state index contributed by atoms with van der Waals surface area (Å²) in [7, 11) is 0. The number of aryl methyl sites for hydroxylation is 2. The molecule has 0 spiro atoms. The summed E-state index contributed by atoms with van der Waals surface area (Å²) in [6.45, 7) is 4.53. The minimum Gasteiger partial charge on any atom is -0.207 e. The summed E-state index contributed by atoms with van der Waals surface area (Å²) < 4.78 is 14.8. The lowest BCUT2D eigenvalue weighted by Gasteiger charge is -2.09. The highest BCUT2D eigenvalue weighted by Crippen LogP contribution is 2.27. The van der Waals surface area contributed by atoms with E-state index in [-0.39, 0.29) is 5.82 Å². The predicted octanol–water partition coefficient (Wildman–Crippen LogP) is 11.2. The summed E-state index contributed by atoms with van der Waals surface area (Å²) in [5.74, 6) is -0.0557. The van der Waals surface area contributed by atoms with Gasteiger partial charge in [-0.3, -0.25) is 0 Å². The molecule has 0 heterocycles. The van der Waals surface area contributed by atoms with Crippen LogP contribution in [0.3, 0.4) is 0 Å². The quantitative estimate of drug-likeness (QED) is 0.171. The maximum atomic E-state index is 14.8. The molecule has 3 rings (SSSR count). The number of benzene rings is 3. The third-order valence-corrected chi connectivity index (χ3v) is 7.41. The number of halogens is 1. The molecule has 0 bridgehead atoms. The maximum absolute atomic E-state index is 14.8. The molecule has 0 aliphatic heterocycles. The van der Waals surface area contributed by atoms with Crippen LogP contribution in [-0.4, -0.2) is 0 Å². The molecule has 1 heteroatoms. The van der Waals surface area contributed by atoms with E-state index in [1.807, 2.05) is 6.07 Å². The molecular weight excluding hydrogens is 427 g/mol. The average molecular weight is 475 g/mol. The van der Waals surface area contributed by atoms with Crippen LogP contribution in [0.25, 0.3) is 21.9 Å². The lowest BCUT2D eigenvalue weighted by atomic mass is 9.96. The van der Waals surface area contributed by atoms with Gasteiger partial charge in [-0.1, -0.05) is 133 Å². The summed E-state index contributed by atoms with van der Waals surface area (Å²) in [4.78, 5) is 0. The van der Waals surface area contributed by atoms with Crippen LogP contribution in [0.2, 0.25) is 0 Å². The Kier molecular flexibility index (Phi) is 12.4. The second-order valence-corrected chi connectivity index (χ2v) is 10.4. The van der Waals surface area contributed by atoms with Gasteiger partial charge in [0.25, 0.3) is 0 Å². The van der Waals surface area contributed by atoms with E-state index in [0.29, 0.717) is 0 Å².